The van der Waals surface area contributed by atoms with Gasteiger partial charge in [0.1, 0.15) is 4.88 Å². The van der Waals surface area contributed by atoms with Gasteiger partial charge in [-0.05, 0) is 18.1 Å². The van der Waals surface area contributed by atoms with Crippen LogP contribution < -0.4 is 5.32 Å². The van der Waals surface area contributed by atoms with Gasteiger partial charge in [0, 0.05) is 11.0 Å². The van der Waals surface area contributed by atoms with E-state index < -0.39 is 5.97 Å². The fraction of sp³-hybridized carbons (Fsp3) is 0.167. The maximum Gasteiger partial charge on any atom is 0.347 e. The van der Waals surface area contributed by atoms with Crippen LogP contribution in [0.15, 0.2) is 34.9 Å². The molecule has 0 saturated carbocycles. The third kappa shape index (κ3) is 3.30. The Kier molecular flexibility index (Phi) is 4.33. The second kappa shape index (κ2) is 5.97. The van der Waals surface area contributed by atoms with Crippen LogP contribution >= 0.6 is 27.3 Å². The molecule has 0 fully saturated rings. The van der Waals surface area contributed by atoms with Crippen molar-refractivity contribution in [2.45, 2.75) is 6.42 Å². The Balaban J connectivity index is 1.88. The summed E-state index contributed by atoms with van der Waals surface area (Å²) < 4.78 is 1.08. The summed E-state index contributed by atoms with van der Waals surface area (Å²) >= 11 is 4.63. The van der Waals surface area contributed by atoms with E-state index >= 15 is 0 Å². The molecule has 0 aliphatic rings. The van der Waals surface area contributed by atoms with Gasteiger partial charge in [0.25, 0.3) is 0 Å². The molecule has 0 aliphatic heterocycles. The lowest BCUT2D eigenvalue weighted by Crippen LogP contribution is -2.04. The highest BCUT2D eigenvalue weighted by Crippen LogP contribution is 2.19. The van der Waals surface area contributed by atoms with Crippen LogP contribution in [0.3, 0.4) is 0 Å². The number of halogens is 1. The van der Waals surface area contributed by atoms with Crippen molar-refractivity contribution < 1.29 is 9.90 Å². The van der Waals surface area contributed by atoms with Crippen LogP contribution in [0.1, 0.15) is 15.2 Å². The smallest absolute Gasteiger partial charge is 0.347 e. The topological polar surface area (TPSA) is 62.2 Å². The van der Waals surface area contributed by atoms with E-state index in [-0.39, 0.29) is 4.88 Å². The first-order chi connectivity index (χ1) is 8.66. The molecular formula is C12H11BrN2O2S. The van der Waals surface area contributed by atoms with Crippen LogP contribution in [0.5, 0.6) is 0 Å². The summed E-state index contributed by atoms with van der Waals surface area (Å²) in [7, 11) is 0. The molecule has 0 atom stereocenters. The SMILES string of the molecule is O=C(O)c1cnc(NCCc2ccccc2Br)s1. The van der Waals surface area contributed by atoms with Crippen LogP contribution in [-0.4, -0.2) is 22.6 Å². The first kappa shape index (κ1) is 13.0. The molecule has 0 radical (unpaired) electrons. The van der Waals surface area contributed by atoms with Crippen LogP contribution in [-0.2, 0) is 6.42 Å². The molecule has 0 bridgehead atoms. The molecule has 2 aromatic rings. The molecule has 4 nitrogen and oxygen atoms in total. The van der Waals surface area contributed by atoms with Gasteiger partial charge < -0.3 is 10.4 Å². The summed E-state index contributed by atoms with van der Waals surface area (Å²) in [6, 6.07) is 8.02. The van der Waals surface area contributed by atoms with Crippen molar-refractivity contribution in [1.29, 1.82) is 0 Å². The number of nitrogens with zero attached hydrogens (tertiary/aromatic N) is 1. The van der Waals surface area contributed by atoms with Crippen molar-refractivity contribution in [3.8, 4) is 0 Å². The van der Waals surface area contributed by atoms with Crippen molar-refractivity contribution >= 4 is 38.4 Å². The molecule has 6 heteroatoms. The third-order valence-electron chi connectivity index (χ3n) is 2.34. The van der Waals surface area contributed by atoms with Gasteiger partial charge >= 0.3 is 5.97 Å². The number of carbonyl (C=O) groups is 1. The zero-order valence-corrected chi connectivity index (χ0v) is 11.8. The predicted octanol–water partition coefficient (Wildman–Crippen LogP) is 3.26. The number of carboxylic acid groups (broad SMARTS) is 1. The minimum absolute atomic E-state index is 0.249. The minimum atomic E-state index is -0.939. The number of aromatic carboxylic acids is 1. The second-order valence-corrected chi connectivity index (χ2v) is 5.49. The number of anilines is 1. The van der Waals surface area contributed by atoms with Gasteiger partial charge in [-0.2, -0.15) is 0 Å². The second-order valence-electron chi connectivity index (χ2n) is 3.60. The summed E-state index contributed by atoms with van der Waals surface area (Å²) in [5.41, 5.74) is 1.21. The summed E-state index contributed by atoms with van der Waals surface area (Å²) in [6.07, 6.45) is 2.22. The van der Waals surface area contributed by atoms with Gasteiger partial charge in [0.15, 0.2) is 5.13 Å². The van der Waals surface area contributed by atoms with Crippen LogP contribution in [0, 0.1) is 0 Å². The van der Waals surface area contributed by atoms with Gasteiger partial charge in [-0.3, -0.25) is 0 Å². The highest BCUT2D eigenvalue weighted by Gasteiger charge is 2.07. The van der Waals surface area contributed by atoms with Gasteiger partial charge in [-0.1, -0.05) is 45.5 Å². The van der Waals surface area contributed by atoms with Crippen molar-refractivity contribution in [2.24, 2.45) is 0 Å². The highest BCUT2D eigenvalue weighted by molar-refractivity contribution is 9.10. The summed E-state index contributed by atoms with van der Waals surface area (Å²) in [4.78, 5) is 14.9. The molecule has 1 aromatic heterocycles. The van der Waals surface area contributed by atoms with Crippen molar-refractivity contribution in [3.63, 3.8) is 0 Å². The molecule has 2 N–H and O–H groups in total. The lowest BCUT2D eigenvalue weighted by Gasteiger charge is -2.04. The molecule has 0 saturated heterocycles. The third-order valence-corrected chi connectivity index (χ3v) is 4.06. The van der Waals surface area contributed by atoms with Crippen LogP contribution in [0.2, 0.25) is 0 Å². The molecular weight excluding hydrogens is 316 g/mol. The predicted molar refractivity (Wildman–Crippen MR) is 75.4 cm³/mol. The average Bonchev–Trinajstić information content (AvgIpc) is 2.80. The van der Waals surface area contributed by atoms with E-state index in [1.165, 1.54) is 11.8 Å². The summed E-state index contributed by atoms with van der Waals surface area (Å²) in [6.45, 7) is 0.717. The molecule has 1 heterocycles. The van der Waals surface area contributed by atoms with E-state index in [1.54, 1.807) is 0 Å². The quantitative estimate of drug-likeness (QED) is 0.885. The Hall–Kier alpha value is -1.40. The normalized spacial score (nSPS) is 10.3. The van der Waals surface area contributed by atoms with E-state index in [0.717, 1.165) is 28.8 Å². The van der Waals surface area contributed by atoms with E-state index in [4.69, 9.17) is 5.11 Å². The van der Waals surface area contributed by atoms with Crippen molar-refractivity contribution in [1.82, 2.24) is 4.98 Å². The largest absolute Gasteiger partial charge is 0.477 e. The monoisotopic (exact) mass is 326 g/mol. The molecule has 0 spiro atoms. The fourth-order valence-electron chi connectivity index (χ4n) is 1.46. The highest BCUT2D eigenvalue weighted by atomic mass is 79.9. The van der Waals surface area contributed by atoms with E-state index in [2.05, 4.69) is 32.3 Å². The van der Waals surface area contributed by atoms with Crippen molar-refractivity contribution in [3.05, 3.63) is 45.4 Å². The number of hydrogen-bond donors (Lipinski definition) is 2. The zero-order valence-electron chi connectivity index (χ0n) is 9.39. The maximum absolute atomic E-state index is 10.7. The Bertz CT molecular complexity index is 557. The zero-order chi connectivity index (χ0) is 13.0. The Morgan fingerprint density at radius 1 is 1.44 bits per heavy atom. The Labute approximate surface area is 117 Å². The van der Waals surface area contributed by atoms with Crippen LogP contribution in [0.25, 0.3) is 0 Å². The van der Waals surface area contributed by atoms with Gasteiger partial charge in [-0.15, -0.1) is 0 Å². The Morgan fingerprint density at radius 3 is 2.89 bits per heavy atom. The average molecular weight is 327 g/mol. The van der Waals surface area contributed by atoms with E-state index in [0.29, 0.717) is 5.13 Å². The number of hydrogen-bond acceptors (Lipinski definition) is 4. The molecule has 0 amide bonds. The standard InChI is InChI=1S/C12H11BrN2O2S/c13-9-4-2-1-3-8(9)5-6-14-12-15-7-10(18-12)11(16)17/h1-4,7H,5-6H2,(H,14,15)(H,16,17). The molecule has 1 aromatic carbocycles. The number of aromatic nitrogens is 1. The lowest BCUT2D eigenvalue weighted by atomic mass is 10.1. The fourth-order valence-corrected chi connectivity index (χ4v) is 2.62. The molecule has 94 valence electrons. The number of rotatable bonds is 5. The number of nitrogens with one attached hydrogen (secondary N) is 1. The molecule has 2 rings (SSSR count). The first-order valence-corrected chi connectivity index (χ1v) is 6.94. The minimum Gasteiger partial charge on any atom is -0.477 e. The number of benzene rings is 1. The number of thiazole rings is 1. The van der Waals surface area contributed by atoms with E-state index in [9.17, 15) is 4.79 Å². The van der Waals surface area contributed by atoms with Gasteiger partial charge in [0.2, 0.25) is 0 Å². The van der Waals surface area contributed by atoms with Crippen LogP contribution in [0.4, 0.5) is 5.13 Å². The van der Waals surface area contributed by atoms with Gasteiger partial charge in [-0.25, -0.2) is 9.78 Å². The summed E-state index contributed by atoms with van der Waals surface area (Å²) in [5, 5.41) is 12.5. The Morgan fingerprint density at radius 2 is 2.22 bits per heavy atom. The van der Waals surface area contributed by atoms with E-state index in [1.807, 2.05) is 18.2 Å². The van der Waals surface area contributed by atoms with Crippen molar-refractivity contribution in [2.75, 3.05) is 11.9 Å². The summed E-state index contributed by atoms with van der Waals surface area (Å²) in [5.74, 6) is -0.939. The van der Waals surface area contributed by atoms with Gasteiger partial charge in [0.05, 0.1) is 6.20 Å². The maximum atomic E-state index is 10.7. The molecule has 0 unspecified atom stereocenters. The molecule has 0 aliphatic carbocycles. The first-order valence-electron chi connectivity index (χ1n) is 5.33. The lowest BCUT2D eigenvalue weighted by molar-refractivity contribution is 0.0702. The molecule has 18 heavy (non-hydrogen) atoms. The number of carboxylic acids is 1.